The van der Waals surface area contributed by atoms with Crippen LogP contribution in [0.25, 0.3) is 0 Å². The van der Waals surface area contributed by atoms with E-state index < -0.39 is 0 Å². The third-order valence-electron chi connectivity index (χ3n) is 2.51. The molecule has 1 aromatic heterocycles. The SMILES string of the molecule is CN(CCO)C(=O)Nc1ncc(Oc2ccc(F)cc2)s1. The van der Waals surface area contributed by atoms with Crippen LogP contribution in [-0.2, 0) is 0 Å². The van der Waals surface area contributed by atoms with E-state index >= 15 is 0 Å². The summed E-state index contributed by atoms with van der Waals surface area (Å²) in [6, 6.07) is 5.22. The molecule has 2 amide bonds. The van der Waals surface area contributed by atoms with Crippen LogP contribution in [0.3, 0.4) is 0 Å². The fraction of sp³-hybridized carbons (Fsp3) is 0.231. The van der Waals surface area contributed by atoms with E-state index in [9.17, 15) is 9.18 Å². The van der Waals surface area contributed by atoms with Crippen molar-refractivity contribution in [3.05, 3.63) is 36.3 Å². The zero-order valence-corrected chi connectivity index (χ0v) is 12.1. The van der Waals surface area contributed by atoms with Gasteiger partial charge in [0.25, 0.3) is 0 Å². The minimum absolute atomic E-state index is 0.110. The maximum absolute atomic E-state index is 12.8. The minimum atomic E-state index is -0.369. The summed E-state index contributed by atoms with van der Waals surface area (Å²) >= 11 is 1.15. The molecule has 0 saturated carbocycles. The molecule has 2 N–H and O–H groups in total. The maximum Gasteiger partial charge on any atom is 0.323 e. The van der Waals surface area contributed by atoms with Crippen molar-refractivity contribution in [3.63, 3.8) is 0 Å². The zero-order chi connectivity index (χ0) is 15.2. The molecular weight excluding hydrogens is 297 g/mol. The van der Waals surface area contributed by atoms with Crippen LogP contribution in [-0.4, -0.2) is 41.2 Å². The highest BCUT2D eigenvalue weighted by Gasteiger charge is 2.11. The first-order valence-corrected chi connectivity index (χ1v) is 6.92. The van der Waals surface area contributed by atoms with Gasteiger partial charge in [-0.3, -0.25) is 5.32 Å². The number of likely N-dealkylation sites (N-methyl/N-ethyl adjacent to an activating group) is 1. The van der Waals surface area contributed by atoms with Crippen LogP contribution in [0.15, 0.2) is 30.5 Å². The number of benzene rings is 1. The summed E-state index contributed by atoms with van der Waals surface area (Å²) in [5.74, 6) is 0.141. The second kappa shape index (κ2) is 7.00. The van der Waals surface area contributed by atoms with Gasteiger partial charge in [0, 0.05) is 13.6 Å². The average Bonchev–Trinajstić information content (AvgIpc) is 2.89. The predicted octanol–water partition coefficient (Wildman–Crippen LogP) is 2.53. The molecule has 0 spiro atoms. The molecule has 112 valence electrons. The normalized spacial score (nSPS) is 10.2. The van der Waals surface area contributed by atoms with Gasteiger partial charge in [-0.1, -0.05) is 11.3 Å². The van der Waals surface area contributed by atoms with E-state index in [1.54, 1.807) is 7.05 Å². The van der Waals surface area contributed by atoms with Gasteiger partial charge < -0.3 is 14.7 Å². The number of carbonyl (C=O) groups excluding carboxylic acids is 1. The van der Waals surface area contributed by atoms with Crippen LogP contribution in [0, 0.1) is 5.82 Å². The molecule has 0 unspecified atom stereocenters. The summed E-state index contributed by atoms with van der Waals surface area (Å²) in [5.41, 5.74) is 0. The number of thiazole rings is 1. The molecule has 0 aliphatic carbocycles. The van der Waals surface area contributed by atoms with E-state index in [2.05, 4.69) is 10.3 Å². The van der Waals surface area contributed by atoms with Crippen LogP contribution in [0.2, 0.25) is 0 Å². The topological polar surface area (TPSA) is 74.7 Å². The third-order valence-corrected chi connectivity index (χ3v) is 3.30. The van der Waals surface area contributed by atoms with Crippen molar-refractivity contribution >= 4 is 22.5 Å². The second-order valence-corrected chi connectivity index (χ2v) is 5.11. The molecular formula is C13H14FN3O3S. The Morgan fingerprint density at radius 2 is 2.19 bits per heavy atom. The summed E-state index contributed by atoms with van der Waals surface area (Å²) in [5, 5.41) is 12.2. The first-order chi connectivity index (χ1) is 10.1. The largest absolute Gasteiger partial charge is 0.445 e. The van der Waals surface area contributed by atoms with Gasteiger partial charge in [-0.15, -0.1) is 0 Å². The second-order valence-electron chi connectivity index (χ2n) is 4.12. The lowest BCUT2D eigenvalue weighted by Crippen LogP contribution is -2.33. The number of amides is 2. The van der Waals surface area contributed by atoms with Gasteiger partial charge >= 0.3 is 6.03 Å². The summed E-state index contributed by atoms with van der Waals surface area (Å²) in [6.45, 7) is 0.122. The lowest BCUT2D eigenvalue weighted by Gasteiger charge is -2.14. The molecule has 21 heavy (non-hydrogen) atoms. The van der Waals surface area contributed by atoms with Crippen LogP contribution in [0.1, 0.15) is 0 Å². The van der Waals surface area contributed by atoms with Crippen LogP contribution in [0.4, 0.5) is 14.3 Å². The Hall–Kier alpha value is -2.19. The summed E-state index contributed by atoms with van der Waals surface area (Å²) in [7, 11) is 1.56. The number of anilines is 1. The van der Waals surface area contributed by atoms with Crippen molar-refractivity contribution in [2.45, 2.75) is 0 Å². The van der Waals surface area contributed by atoms with Gasteiger partial charge in [0.15, 0.2) is 5.13 Å². The molecule has 0 saturated heterocycles. The van der Waals surface area contributed by atoms with Crippen LogP contribution in [0.5, 0.6) is 10.8 Å². The molecule has 0 radical (unpaired) electrons. The molecule has 8 heteroatoms. The summed E-state index contributed by atoms with van der Waals surface area (Å²) in [6.07, 6.45) is 1.47. The quantitative estimate of drug-likeness (QED) is 0.890. The highest BCUT2D eigenvalue weighted by molar-refractivity contribution is 7.17. The number of rotatable bonds is 5. The first-order valence-electron chi connectivity index (χ1n) is 6.10. The van der Waals surface area contributed by atoms with E-state index in [1.165, 1.54) is 35.4 Å². The Balaban J connectivity index is 1.95. The summed E-state index contributed by atoms with van der Waals surface area (Å²) < 4.78 is 18.3. The molecule has 0 aliphatic heterocycles. The smallest absolute Gasteiger partial charge is 0.323 e. The number of nitrogens with zero attached hydrogens (tertiary/aromatic N) is 2. The Labute approximate surface area is 124 Å². The van der Waals surface area contributed by atoms with Crippen LogP contribution >= 0.6 is 11.3 Å². The fourth-order valence-electron chi connectivity index (χ4n) is 1.42. The molecule has 1 aromatic carbocycles. The highest BCUT2D eigenvalue weighted by atomic mass is 32.1. The Morgan fingerprint density at radius 3 is 2.86 bits per heavy atom. The molecule has 0 aliphatic rings. The fourth-order valence-corrected chi connectivity index (χ4v) is 2.10. The molecule has 2 aromatic rings. The molecule has 0 fully saturated rings. The van der Waals surface area contributed by atoms with Gasteiger partial charge in [0.1, 0.15) is 11.6 Å². The van der Waals surface area contributed by atoms with E-state index in [4.69, 9.17) is 9.84 Å². The minimum Gasteiger partial charge on any atom is -0.445 e. The van der Waals surface area contributed by atoms with Crippen molar-refractivity contribution in [2.75, 3.05) is 25.5 Å². The van der Waals surface area contributed by atoms with Crippen molar-refractivity contribution in [1.82, 2.24) is 9.88 Å². The van der Waals surface area contributed by atoms with E-state index in [-0.39, 0.29) is 25.0 Å². The Morgan fingerprint density at radius 1 is 1.48 bits per heavy atom. The number of ether oxygens (including phenoxy) is 1. The molecule has 6 nitrogen and oxygen atoms in total. The van der Waals surface area contributed by atoms with E-state index in [0.29, 0.717) is 15.9 Å². The Bertz CT molecular complexity index is 603. The average molecular weight is 311 g/mol. The molecule has 0 bridgehead atoms. The van der Waals surface area contributed by atoms with Gasteiger partial charge in [-0.05, 0) is 24.3 Å². The van der Waals surface area contributed by atoms with Gasteiger partial charge in [-0.25, -0.2) is 14.2 Å². The third kappa shape index (κ3) is 4.40. The standard InChI is InChI=1S/C13H14FN3O3S/c1-17(6-7-18)13(19)16-12-15-8-11(21-12)20-10-4-2-9(14)3-5-10/h2-5,8,18H,6-7H2,1H3,(H,15,16,19). The zero-order valence-electron chi connectivity index (χ0n) is 11.2. The number of carbonyl (C=O) groups is 1. The van der Waals surface area contributed by atoms with Gasteiger partial charge in [0.2, 0.25) is 5.06 Å². The van der Waals surface area contributed by atoms with Crippen LogP contribution < -0.4 is 10.1 Å². The molecule has 1 heterocycles. The van der Waals surface area contributed by atoms with E-state index in [1.807, 2.05) is 0 Å². The lowest BCUT2D eigenvalue weighted by atomic mass is 10.3. The van der Waals surface area contributed by atoms with Crippen molar-refractivity contribution in [1.29, 1.82) is 0 Å². The number of hydrogen-bond donors (Lipinski definition) is 2. The van der Waals surface area contributed by atoms with Crippen molar-refractivity contribution < 1.29 is 19.0 Å². The number of aromatic nitrogens is 1. The van der Waals surface area contributed by atoms with Gasteiger partial charge in [-0.2, -0.15) is 0 Å². The molecule has 0 atom stereocenters. The number of urea groups is 1. The monoisotopic (exact) mass is 311 g/mol. The molecule has 2 rings (SSSR count). The number of aliphatic hydroxyl groups is 1. The number of halogens is 1. The lowest BCUT2D eigenvalue weighted by molar-refractivity contribution is 0.202. The first kappa shape index (κ1) is 15.2. The number of hydrogen-bond acceptors (Lipinski definition) is 5. The number of aliphatic hydroxyl groups excluding tert-OH is 1. The number of nitrogens with one attached hydrogen (secondary N) is 1. The van der Waals surface area contributed by atoms with E-state index in [0.717, 1.165) is 11.3 Å². The maximum atomic E-state index is 12.8. The predicted molar refractivity (Wildman–Crippen MR) is 77.3 cm³/mol. The van der Waals surface area contributed by atoms with Gasteiger partial charge in [0.05, 0.1) is 12.8 Å². The highest BCUT2D eigenvalue weighted by Crippen LogP contribution is 2.30. The summed E-state index contributed by atoms with van der Waals surface area (Å²) in [4.78, 5) is 17.0. The Kier molecular flexibility index (Phi) is 5.07. The van der Waals surface area contributed by atoms with Crippen molar-refractivity contribution in [3.8, 4) is 10.8 Å². The van der Waals surface area contributed by atoms with Crippen molar-refractivity contribution in [2.24, 2.45) is 0 Å².